The topological polar surface area (TPSA) is 53.4 Å². The van der Waals surface area contributed by atoms with E-state index in [1.807, 2.05) is 4.90 Å². The van der Waals surface area contributed by atoms with Crippen molar-refractivity contribution < 1.29 is 9.90 Å². The quantitative estimate of drug-likeness (QED) is 0.816. The van der Waals surface area contributed by atoms with Gasteiger partial charge in [-0.3, -0.25) is 9.78 Å². The highest BCUT2D eigenvalue weighted by Gasteiger charge is 2.33. The zero-order valence-corrected chi connectivity index (χ0v) is 12.5. The minimum atomic E-state index is 0.0290. The van der Waals surface area contributed by atoms with Gasteiger partial charge in [0.1, 0.15) is 0 Å². The summed E-state index contributed by atoms with van der Waals surface area (Å²) < 4.78 is 0. The average Bonchev–Trinajstić information content (AvgIpc) is 3.33. The summed E-state index contributed by atoms with van der Waals surface area (Å²) in [7, 11) is 0. The lowest BCUT2D eigenvalue weighted by Gasteiger charge is -2.22. The van der Waals surface area contributed by atoms with Crippen LogP contribution in [0.1, 0.15) is 54.9 Å². The van der Waals surface area contributed by atoms with Crippen LogP contribution in [0.5, 0.6) is 0 Å². The van der Waals surface area contributed by atoms with E-state index in [4.69, 9.17) is 5.11 Å². The second-order valence-corrected chi connectivity index (χ2v) is 5.28. The fourth-order valence-electron chi connectivity index (χ4n) is 2.21. The lowest BCUT2D eigenvalue weighted by atomic mass is 10.1. The summed E-state index contributed by atoms with van der Waals surface area (Å²) in [6.45, 7) is 2.97. The monoisotopic (exact) mass is 286 g/mol. The van der Waals surface area contributed by atoms with Crippen LogP contribution in [0.25, 0.3) is 0 Å². The molecule has 1 saturated carbocycles. The molecule has 1 aromatic heterocycles. The number of hydrogen-bond acceptors (Lipinski definition) is 3. The Morgan fingerprint density at radius 2 is 2.33 bits per heavy atom. The Kier molecular flexibility index (Phi) is 5.77. The molecule has 4 heteroatoms. The molecule has 1 aliphatic carbocycles. The number of amides is 1. The lowest BCUT2D eigenvalue weighted by molar-refractivity contribution is 0.0740. The number of carbonyl (C=O) groups excluding carboxylic acids is 1. The number of aromatic nitrogens is 1. The molecule has 0 spiro atoms. The largest absolute Gasteiger partial charge is 0.395 e. The van der Waals surface area contributed by atoms with Crippen LogP contribution < -0.4 is 0 Å². The summed E-state index contributed by atoms with van der Waals surface area (Å²) in [6.07, 6.45) is 7.98. The van der Waals surface area contributed by atoms with Gasteiger partial charge in [-0.25, -0.2) is 0 Å². The Bertz CT molecular complexity index is 541. The molecule has 1 aromatic rings. The average molecular weight is 286 g/mol. The number of pyridine rings is 1. The third kappa shape index (κ3) is 4.30. The molecule has 0 aromatic carbocycles. The van der Waals surface area contributed by atoms with Gasteiger partial charge in [-0.1, -0.05) is 25.2 Å². The predicted octanol–water partition coefficient (Wildman–Crippen LogP) is 2.22. The molecule has 0 unspecified atom stereocenters. The maximum absolute atomic E-state index is 12.8. The minimum absolute atomic E-state index is 0.0290. The van der Waals surface area contributed by atoms with E-state index in [0.717, 1.165) is 32.2 Å². The second-order valence-electron chi connectivity index (χ2n) is 5.28. The molecule has 1 heterocycles. The van der Waals surface area contributed by atoms with E-state index in [2.05, 4.69) is 23.7 Å². The maximum Gasteiger partial charge on any atom is 0.255 e. The molecule has 112 valence electrons. The van der Waals surface area contributed by atoms with Gasteiger partial charge in [0.2, 0.25) is 0 Å². The highest BCUT2D eigenvalue weighted by atomic mass is 16.2. The predicted molar refractivity (Wildman–Crippen MR) is 81.8 cm³/mol. The third-order valence-electron chi connectivity index (χ3n) is 3.51. The Morgan fingerprint density at radius 3 is 3.00 bits per heavy atom. The first-order chi connectivity index (χ1) is 10.3. The molecule has 0 saturated heterocycles. The first-order valence-corrected chi connectivity index (χ1v) is 7.62. The number of nitrogens with zero attached hydrogens (tertiary/aromatic N) is 2. The molecule has 0 radical (unpaired) electrons. The Labute approximate surface area is 126 Å². The summed E-state index contributed by atoms with van der Waals surface area (Å²) in [5, 5.41) is 8.80. The molecule has 1 aliphatic rings. The van der Waals surface area contributed by atoms with Gasteiger partial charge in [-0.2, -0.15) is 0 Å². The number of carbonyl (C=O) groups is 1. The van der Waals surface area contributed by atoms with E-state index in [-0.39, 0.29) is 12.5 Å². The van der Waals surface area contributed by atoms with Gasteiger partial charge in [-0.05, 0) is 25.3 Å². The van der Waals surface area contributed by atoms with E-state index in [1.165, 1.54) is 0 Å². The van der Waals surface area contributed by atoms with Crippen molar-refractivity contribution in [3.05, 3.63) is 29.6 Å². The molecule has 1 amide bonds. The molecule has 21 heavy (non-hydrogen) atoms. The van der Waals surface area contributed by atoms with Crippen molar-refractivity contribution in [3.8, 4) is 11.8 Å². The maximum atomic E-state index is 12.8. The van der Waals surface area contributed by atoms with Crippen molar-refractivity contribution in [1.29, 1.82) is 0 Å². The van der Waals surface area contributed by atoms with E-state index in [9.17, 15) is 4.79 Å². The fraction of sp³-hybridized carbons (Fsp3) is 0.529. The summed E-state index contributed by atoms with van der Waals surface area (Å²) in [4.78, 5) is 18.8. The third-order valence-corrected chi connectivity index (χ3v) is 3.51. The first kappa shape index (κ1) is 15.5. The summed E-state index contributed by atoms with van der Waals surface area (Å²) in [6, 6.07) is 2.14. The van der Waals surface area contributed by atoms with Gasteiger partial charge >= 0.3 is 0 Å². The summed E-state index contributed by atoms with van der Waals surface area (Å²) in [5.74, 6) is 5.87. The van der Waals surface area contributed by atoms with Crippen molar-refractivity contribution in [1.82, 2.24) is 9.88 Å². The second kappa shape index (κ2) is 7.80. The Hall–Kier alpha value is -1.86. The summed E-state index contributed by atoms with van der Waals surface area (Å²) in [5.41, 5.74) is 1.27. The number of hydrogen-bond donors (Lipinski definition) is 1. The van der Waals surface area contributed by atoms with Gasteiger partial charge in [-0.15, -0.1) is 0 Å². The van der Waals surface area contributed by atoms with Crippen LogP contribution in [-0.4, -0.2) is 40.1 Å². The van der Waals surface area contributed by atoms with Gasteiger partial charge in [0.15, 0.2) is 0 Å². The van der Waals surface area contributed by atoms with Gasteiger partial charge < -0.3 is 10.0 Å². The van der Waals surface area contributed by atoms with E-state index < -0.39 is 0 Å². The normalized spacial score (nSPS) is 13.4. The lowest BCUT2D eigenvalue weighted by Crippen LogP contribution is -2.34. The van der Waals surface area contributed by atoms with E-state index in [0.29, 0.717) is 23.6 Å². The van der Waals surface area contributed by atoms with Crippen LogP contribution in [0, 0.1) is 11.8 Å². The van der Waals surface area contributed by atoms with Crippen LogP contribution in [0.2, 0.25) is 0 Å². The molecule has 2 rings (SSSR count). The number of aliphatic hydroxyl groups excluding tert-OH is 1. The smallest absolute Gasteiger partial charge is 0.255 e. The van der Waals surface area contributed by atoms with Gasteiger partial charge in [0, 0.05) is 31.4 Å². The Balaban J connectivity index is 2.19. The number of unbranched alkanes of at least 4 members (excludes halogenated alkanes) is 1. The fourth-order valence-corrected chi connectivity index (χ4v) is 2.21. The van der Waals surface area contributed by atoms with Crippen LogP contribution in [-0.2, 0) is 0 Å². The van der Waals surface area contributed by atoms with Crippen molar-refractivity contribution in [2.24, 2.45) is 0 Å². The van der Waals surface area contributed by atoms with E-state index in [1.54, 1.807) is 18.5 Å². The van der Waals surface area contributed by atoms with E-state index >= 15 is 0 Å². The molecular weight excluding hydrogens is 264 g/mol. The zero-order valence-electron chi connectivity index (χ0n) is 12.5. The highest BCUT2D eigenvalue weighted by Crippen LogP contribution is 2.29. The Morgan fingerprint density at radius 1 is 1.52 bits per heavy atom. The first-order valence-electron chi connectivity index (χ1n) is 7.62. The molecule has 1 fully saturated rings. The van der Waals surface area contributed by atoms with Crippen LogP contribution in [0.15, 0.2) is 18.5 Å². The molecular formula is C17H22N2O2. The highest BCUT2D eigenvalue weighted by molar-refractivity contribution is 5.97. The van der Waals surface area contributed by atoms with Crippen LogP contribution in [0.4, 0.5) is 0 Å². The van der Waals surface area contributed by atoms with Crippen LogP contribution >= 0.6 is 0 Å². The molecule has 0 aliphatic heterocycles. The van der Waals surface area contributed by atoms with Crippen molar-refractivity contribution in [3.63, 3.8) is 0 Å². The minimum Gasteiger partial charge on any atom is -0.395 e. The number of rotatable bonds is 6. The summed E-state index contributed by atoms with van der Waals surface area (Å²) >= 11 is 0. The SMILES string of the molecule is CCCCN(C(=O)c1ccncc1C#CCCO)C1CC1. The van der Waals surface area contributed by atoms with Crippen LogP contribution in [0.3, 0.4) is 0 Å². The molecule has 4 nitrogen and oxygen atoms in total. The number of aliphatic hydroxyl groups is 1. The van der Waals surface area contributed by atoms with Gasteiger partial charge in [0.25, 0.3) is 5.91 Å². The van der Waals surface area contributed by atoms with Crippen molar-refractivity contribution in [2.45, 2.75) is 45.1 Å². The zero-order chi connectivity index (χ0) is 15.1. The van der Waals surface area contributed by atoms with Crippen molar-refractivity contribution >= 4 is 5.91 Å². The standard InChI is InChI=1S/C17H22N2O2/c1-2-3-11-19(15-7-8-15)17(21)16-9-10-18-13-14(16)6-4-5-12-20/h9-10,13,15,20H,2-3,5,7-8,11-12H2,1H3. The molecule has 1 N–H and O–H groups in total. The van der Waals surface area contributed by atoms with Gasteiger partial charge in [0.05, 0.1) is 17.7 Å². The van der Waals surface area contributed by atoms with Crippen molar-refractivity contribution in [2.75, 3.05) is 13.2 Å². The molecule has 0 bridgehead atoms. The molecule has 0 atom stereocenters.